The van der Waals surface area contributed by atoms with E-state index >= 15 is 0 Å². The van der Waals surface area contributed by atoms with Gasteiger partial charge in [-0.15, -0.1) is 10.2 Å². The molecule has 1 aliphatic heterocycles. The van der Waals surface area contributed by atoms with Crippen molar-refractivity contribution in [2.24, 2.45) is 0 Å². The summed E-state index contributed by atoms with van der Waals surface area (Å²) in [6.07, 6.45) is 1.27. The van der Waals surface area contributed by atoms with Crippen LogP contribution in [0.15, 0.2) is 39.1 Å². The molecule has 2 heterocycles. The third-order valence-corrected chi connectivity index (χ3v) is 6.95. The molecule has 118 valence electrons. The first-order valence-electron chi connectivity index (χ1n) is 6.75. The highest BCUT2D eigenvalue weighted by Crippen LogP contribution is 2.28. The first kappa shape index (κ1) is 15.9. The summed E-state index contributed by atoms with van der Waals surface area (Å²) >= 11 is 4.65. The molecule has 1 aromatic heterocycles. The van der Waals surface area contributed by atoms with E-state index in [0.717, 1.165) is 0 Å². The van der Waals surface area contributed by atoms with Crippen LogP contribution in [0, 0.1) is 0 Å². The molecule has 9 heteroatoms. The van der Waals surface area contributed by atoms with Gasteiger partial charge in [-0.2, -0.15) is 4.31 Å². The standard InChI is InChI=1S/C13H14BrN3O3S2/c14-11-3-1-2-4-12(11)22(18,19)17-7-5-10(6-8-17)20-13-16-15-9-21-13/h1-4,9-10H,5-8H2. The van der Waals surface area contributed by atoms with E-state index in [9.17, 15) is 8.42 Å². The Morgan fingerprint density at radius 3 is 2.64 bits per heavy atom. The molecule has 0 saturated carbocycles. The van der Waals surface area contributed by atoms with Crippen molar-refractivity contribution in [2.45, 2.75) is 23.8 Å². The second-order valence-electron chi connectivity index (χ2n) is 4.86. The molecule has 22 heavy (non-hydrogen) atoms. The normalized spacial score (nSPS) is 17.5. The second kappa shape index (κ2) is 6.61. The lowest BCUT2D eigenvalue weighted by Crippen LogP contribution is -2.41. The highest BCUT2D eigenvalue weighted by Gasteiger charge is 2.31. The number of ether oxygens (including phenoxy) is 1. The molecule has 1 saturated heterocycles. The number of hydrogen-bond donors (Lipinski definition) is 0. The molecule has 0 atom stereocenters. The van der Waals surface area contributed by atoms with Crippen LogP contribution in [0.3, 0.4) is 0 Å². The van der Waals surface area contributed by atoms with Gasteiger partial charge in [0.05, 0.1) is 4.90 Å². The fraction of sp³-hybridized carbons (Fsp3) is 0.385. The quantitative estimate of drug-likeness (QED) is 0.783. The molecule has 0 spiro atoms. The van der Waals surface area contributed by atoms with E-state index in [2.05, 4.69) is 26.1 Å². The van der Waals surface area contributed by atoms with Crippen LogP contribution in [0.5, 0.6) is 5.19 Å². The second-order valence-corrected chi connectivity index (χ2v) is 8.41. The van der Waals surface area contributed by atoms with Crippen LogP contribution in [-0.4, -0.2) is 42.1 Å². The summed E-state index contributed by atoms with van der Waals surface area (Å²) in [7, 11) is -3.47. The zero-order chi connectivity index (χ0) is 15.6. The van der Waals surface area contributed by atoms with Crippen LogP contribution in [0.25, 0.3) is 0 Å². The highest BCUT2D eigenvalue weighted by molar-refractivity contribution is 9.10. The topological polar surface area (TPSA) is 72.4 Å². The number of hydrogen-bond acceptors (Lipinski definition) is 6. The number of aromatic nitrogens is 2. The Kier molecular flexibility index (Phi) is 4.76. The summed E-state index contributed by atoms with van der Waals surface area (Å²) < 4.78 is 33.1. The number of rotatable bonds is 4. The van der Waals surface area contributed by atoms with Crippen molar-refractivity contribution in [1.29, 1.82) is 0 Å². The minimum atomic E-state index is -3.47. The molecule has 3 rings (SSSR count). The fourth-order valence-electron chi connectivity index (χ4n) is 2.34. The van der Waals surface area contributed by atoms with Crippen molar-refractivity contribution in [3.05, 3.63) is 34.2 Å². The minimum Gasteiger partial charge on any atom is -0.466 e. The molecule has 0 bridgehead atoms. The van der Waals surface area contributed by atoms with Gasteiger partial charge in [0, 0.05) is 17.6 Å². The lowest BCUT2D eigenvalue weighted by Gasteiger charge is -2.30. The average Bonchev–Trinajstić information content (AvgIpc) is 3.01. The van der Waals surface area contributed by atoms with Gasteiger partial charge in [-0.3, -0.25) is 0 Å². The van der Waals surface area contributed by atoms with Crippen molar-refractivity contribution < 1.29 is 13.2 Å². The first-order chi connectivity index (χ1) is 10.6. The minimum absolute atomic E-state index is 0.0152. The molecule has 0 unspecified atom stereocenters. The molecule has 2 aromatic rings. The Morgan fingerprint density at radius 1 is 1.27 bits per heavy atom. The monoisotopic (exact) mass is 403 g/mol. The third-order valence-electron chi connectivity index (χ3n) is 3.46. The number of piperidine rings is 1. The molecule has 0 N–H and O–H groups in total. The molecular weight excluding hydrogens is 390 g/mol. The van der Waals surface area contributed by atoms with Crippen LogP contribution in [0.1, 0.15) is 12.8 Å². The molecule has 6 nitrogen and oxygen atoms in total. The largest absolute Gasteiger partial charge is 0.466 e. The Morgan fingerprint density at radius 2 is 2.00 bits per heavy atom. The van der Waals surface area contributed by atoms with Gasteiger partial charge >= 0.3 is 0 Å². The summed E-state index contributed by atoms with van der Waals surface area (Å²) in [6.45, 7) is 0.875. The van der Waals surface area contributed by atoms with E-state index in [1.54, 1.807) is 29.8 Å². The zero-order valence-corrected chi connectivity index (χ0v) is 14.8. The van der Waals surface area contributed by atoms with E-state index in [1.807, 2.05) is 0 Å². The van der Waals surface area contributed by atoms with Crippen LogP contribution in [-0.2, 0) is 10.0 Å². The van der Waals surface area contributed by atoms with Gasteiger partial charge in [0.15, 0.2) is 0 Å². The number of benzene rings is 1. The maximum absolute atomic E-state index is 12.7. The van der Waals surface area contributed by atoms with Crippen molar-refractivity contribution in [3.8, 4) is 5.19 Å². The van der Waals surface area contributed by atoms with Crippen LogP contribution in [0.4, 0.5) is 0 Å². The maximum Gasteiger partial charge on any atom is 0.294 e. The SMILES string of the molecule is O=S(=O)(c1ccccc1Br)N1CCC(Oc2nncs2)CC1. The van der Waals surface area contributed by atoms with Crippen molar-refractivity contribution >= 4 is 37.3 Å². The molecule has 1 fully saturated rings. The van der Waals surface area contributed by atoms with Gasteiger partial charge in [0.25, 0.3) is 5.19 Å². The number of halogens is 1. The Hall–Kier alpha value is -1.03. The summed E-state index contributed by atoms with van der Waals surface area (Å²) in [6, 6.07) is 6.87. The molecule has 1 aromatic carbocycles. The summed E-state index contributed by atoms with van der Waals surface area (Å²) in [4.78, 5) is 0.304. The molecule has 1 aliphatic rings. The Bertz CT molecular complexity index is 729. The third kappa shape index (κ3) is 3.32. The predicted molar refractivity (Wildman–Crippen MR) is 86.5 cm³/mol. The summed E-state index contributed by atoms with van der Waals surface area (Å²) in [5.41, 5.74) is 1.61. The number of nitrogens with zero attached hydrogens (tertiary/aromatic N) is 3. The highest BCUT2D eigenvalue weighted by atomic mass is 79.9. The molecule has 0 amide bonds. The van der Waals surface area contributed by atoms with E-state index in [4.69, 9.17) is 4.74 Å². The van der Waals surface area contributed by atoms with Gasteiger partial charge in [-0.25, -0.2) is 8.42 Å². The lowest BCUT2D eigenvalue weighted by molar-refractivity contribution is 0.134. The van der Waals surface area contributed by atoms with Gasteiger partial charge in [0.1, 0.15) is 11.6 Å². The smallest absolute Gasteiger partial charge is 0.294 e. The number of sulfonamides is 1. The van der Waals surface area contributed by atoms with Crippen molar-refractivity contribution in [2.75, 3.05) is 13.1 Å². The Balaban J connectivity index is 1.67. The van der Waals surface area contributed by atoms with Crippen molar-refractivity contribution in [3.63, 3.8) is 0 Å². The van der Waals surface area contributed by atoms with E-state index in [0.29, 0.717) is 40.5 Å². The lowest BCUT2D eigenvalue weighted by atomic mass is 10.1. The van der Waals surface area contributed by atoms with Crippen LogP contribution >= 0.6 is 27.3 Å². The van der Waals surface area contributed by atoms with Crippen molar-refractivity contribution in [1.82, 2.24) is 14.5 Å². The maximum atomic E-state index is 12.7. The molecule has 0 radical (unpaired) electrons. The average molecular weight is 404 g/mol. The zero-order valence-electron chi connectivity index (χ0n) is 11.6. The Labute approximate surface area is 141 Å². The first-order valence-corrected chi connectivity index (χ1v) is 9.86. The molecular formula is C13H14BrN3O3S2. The van der Waals surface area contributed by atoms with E-state index in [-0.39, 0.29) is 6.10 Å². The molecule has 0 aliphatic carbocycles. The summed E-state index contributed by atoms with van der Waals surface area (Å²) in [5, 5.41) is 8.10. The van der Waals surface area contributed by atoms with Gasteiger partial charge in [-0.05, 0) is 40.9 Å². The van der Waals surface area contributed by atoms with Gasteiger partial charge in [-0.1, -0.05) is 23.5 Å². The van der Waals surface area contributed by atoms with Gasteiger partial charge < -0.3 is 4.74 Å². The summed E-state index contributed by atoms with van der Waals surface area (Å²) in [5.74, 6) is 0. The van der Waals surface area contributed by atoms with Crippen LogP contribution in [0.2, 0.25) is 0 Å². The van der Waals surface area contributed by atoms with Gasteiger partial charge in [0.2, 0.25) is 10.0 Å². The van der Waals surface area contributed by atoms with Crippen LogP contribution < -0.4 is 4.74 Å². The van der Waals surface area contributed by atoms with E-state index in [1.165, 1.54) is 15.6 Å². The predicted octanol–water partition coefficient (Wildman–Crippen LogP) is 2.53. The fourth-order valence-corrected chi connectivity index (χ4v) is 5.24. The van der Waals surface area contributed by atoms with E-state index < -0.39 is 10.0 Å².